The number of benzene rings is 2. The van der Waals surface area contributed by atoms with Crippen LogP contribution in [0.15, 0.2) is 81.4 Å². The van der Waals surface area contributed by atoms with Gasteiger partial charge in [-0.25, -0.2) is 0 Å². The van der Waals surface area contributed by atoms with Gasteiger partial charge in [0.15, 0.2) is 0 Å². The van der Waals surface area contributed by atoms with Gasteiger partial charge >= 0.3 is 0 Å². The molecule has 1 saturated heterocycles. The van der Waals surface area contributed by atoms with Crippen LogP contribution in [0.25, 0.3) is 5.76 Å². The molecule has 152 valence electrons. The van der Waals surface area contributed by atoms with E-state index in [1.807, 2.05) is 24.3 Å². The molecule has 0 bridgehead atoms. The van der Waals surface area contributed by atoms with E-state index in [1.165, 1.54) is 11.2 Å². The van der Waals surface area contributed by atoms with Crippen molar-refractivity contribution >= 4 is 33.4 Å². The fourth-order valence-corrected chi connectivity index (χ4v) is 3.92. The fraction of sp³-hybridized carbons (Fsp3) is 0.167. The number of amides is 1. The van der Waals surface area contributed by atoms with Crippen molar-refractivity contribution in [3.63, 3.8) is 0 Å². The van der Waals surface area contributed by atoms with Crippen molar-refractivity contribution in [2.75, 3.05) is 0 Å². The van der Waals surface area contributed by atoms with Crippen molar-refractivity contribution in [2.45, 2.75) is 25.9 Å². The van der Waals surface area contributed by atoms with E-state index in [0.717, 1.165) is 22.0 Å². The van der Waals surface area contributed by atoms with Gasteiger partial charge in [0, 0.05) is 10.0 Å². The van der Waals surface area contributed by atoms with Gasteiger partial charge in [-0.15, -0.1) is 0 Å². The van der Waals surface area contributed by atoms with Crippen LogP contribution < -0.4 is 0 Å². The van der Waals surface area contributed by atoms with Crippen LogP contribution >= 0.6 is 15.9 Å². The summed E-state index contributed by atoms with van der Waals surface area (Å²) in [5.41, 5.74) is 2.47. The standard InChI is InChI=1S/C24H20BrNO4/c1-2-15-5-7-16(8-6-15)21-20(22(27)17-9-11-18(25)12-10-17)23(28)24(29)26(21)14-19-4-3-13-30-19/h3-13,21,27H,2,14H2,1H3/b22-20-. The van der Waals surface area contributed by atoms with Crippen LogP contribution in [0.3, 0.4) is 0 Å². The minimum Gasteiger partial charge on any atom is -0.507 e. The van der Waals surface area contributed by atoms with Gasteiger partial charge in [0.05, 0.1) is 24.4 Å². The number of carbonyl (C=O) groups excluding carboxylic acids is 2. The SMILES string of the molecule is CCc1ccc(C2/C(=C(/O)c3ccc(Br)cc3)C(=O)C(=O)N2Cc2ccco2)cc1. The smallest absolute Gasteiger partial charge is 0.296 e. The van der Waals surface area contributed by atoms with E-state index in [4.69, 9.17) is 4.42 Å². The average molecular weight is 466 g/mol. The minimum absolute atomic E-state index is 0.0816. The van der Waals surface area contributed by atoms with Crippen LogP contribution in [-0.4, -0.2) is 21.7 Å². The normalized spacial score (nSPS) is 18.2. The van der Waals surface area contributed by atoms with Crippen molar-refractivity contribution in [2.24, 2.45) is 0 Å². The van der Waals surface area contributed by atoms with Crippen LogP contribution in [0.1, 0.15) is 35.4 Å². The first-order valence-corrected chi connectivity index (χ1v) is 10.4. The average Bonchev–Trinajstić information content (AvgIpc) is 3.36. The molecule has 2 aromatic carbocycles. The monoisotopic (exact) mass is 465 g/mol. The first kappa shape index (κ1) is 20.2. The summed E-state index contributed by atoms with van der Waals surface area (Å²) in [4.78, 5) is 27.4. The first-order valence-electron chi connectivity index (χ1n) is 9.65. The quantitative estimate of drug-likeness (QED) is 0.318. The molecular formula is C24H20BrNO4. The molecule has 0 radical (unpaired) electrons. The lowest BCUT2D eigenvalue weighted by Crippen LogP contribution is -2.29. The largest absolute Gasteiger partial charge is 0.507 e. The molecule has 1 N–H and O–H groups in total. The third kappa shape index (κ3) is 3.71. The van der Waals surface area contributed by atoms with Gasteiger partial charge < -0.3 is 14.4 Å². The predicted octanol–water partition coefficient (Wildman–Crippen LogP) is 5.23. The fourth-order valence-electron chi connectivity index (χ4n) is 3.66. The number of ketones is 1. The Morgan fingerprint density at radius 3 is 2.37 bits per heavy atom. The molecule has 5 nitrogen and oxygen atoms in total. The topological polar surface area (TPSA) is 70.8 Å². The lowest BCUT2D eigenvalue weighted by atomic mass is 9.94. The van der Waals surface area contributed by atoms with E-state index < -0.39 is 17.7 Å². The molecule has 0 spiro atoms. The lowest BCUT2D eigenvalue weighted by Gasteiger charge is -2.24. The van der Waals surface area contributed by atoms with Gasteiger partial charge in [0.25, 0.3) is 11.7 Å². The Bertz CT molecular complexity index is 1100. The van der Waals surface area contributed by atoms with Gasteiger partial charge in [0.1, 0.15) is 11.5 Å². The third-order valence-corrected chi connectivity index (χ3v) is 5.80. The van der Waals surface area contributed by atoms with Crippen LogP contribution in [-0.2, 0) is 22.6 Å². The summed E-state index contributed by atoms with van der Waals surface area (Å²) in [7, 11) is 0. The third-order valence-electron chi connectivity index (χ3n) is 5.27. The van der Waals surface area contributed by atoms with Crippen LogP contribution in [0.4, 0.5) is 0 Å². The van der Waals surface area contributed by atoms with E-state index in [1.54, 1.807) is 36.4 Å². The Kier molecular flexibility index (Phi) is 5.59. The zero-order valence-electron chi connectivity index (χ0n) is 16.3. The molecule has 4 rings (SSSR count). The van der Waals surface area contributed by atoms with Gasteiger partial charge in [-0.2, -0.15) is 0 Å². The summed E-state index contributed by atoms with van der Waals surface area (Å²) >= 11 is 3.37. The molecule has 2 heterocycles. The molecule has 1 amide bonds. The van der Waals surface area contributed by atoms with Crippen LogP contribution in [0.2, 0.25) is 0 Å². The van der Waals surface area contributed by atoms with Gasteiger partial charge in [-0.3, -0.25) is 9.59 Å². The molecule has 1 aromatic heterocycles. The maximum absolute atomic E-state index is 13.0. The van der Waals surface area contributed by atoms with E-state index in [2.05, 4.69) is 22.9 Å². The van der Waals surface area contributed by atoms with Crippen LogP contribution in [0, 0.1) is 0 Å². The summed E-state index contributed by atoms with van der Waals surface area (Å²) in [5.74, 6) is -0.982. The molecule has 6 heteroatoms. The van der Waals surface area contributed by atoms with E-state index >= 15 is 0 Å². The molecule has 1 fully saturated rings. The molecule has 30 heavy (non-hydrogen) atoms. The van der Waals surface area contributed by atoms with Crippen molar-refractivity contribution in [3.8, 4) is 0 Å². The molecule has 1 unspecified atom stereocenters. The van der Waals surface area contributed by atoms with Crippen LogP contribution in [0.5, 0.6) is 0 Å². The van der Waals surface area contributed by atoms with Crippen molar-refractivity contribution in [3.05, 3.63) is 99.4 Å². The highest BCUT2D eigenvalue weighted by molar-refractivity contribution is 9.10. The summed E-state index contributed by atoms with van der Waals surface area (Å²) in [5, 5.41) is 11.0. The molecule has 0 saturated carbocycles. The molecular weight excluding hydrogens is 446 g/mol. The second-order valence-corrected chi connectivity index (χ2v) is 8.02. The molecule has 1 atom stereocenters. The highest BCUT2D eigenvalue weighted by atomic mass is 79.9. The number of nitrogens with zero attached hydrogens (tertiary/aromatic N) is 1. The van der Waals surface area contributed by atoms with Crippen molar-refractivity contribution < 1.29 is 19.1 Å². The number of furan rings is 1. The number of hydrogen-bond donors (Lipinski definition) is 1. The van der Waals surface area contributed by atoms with E-state index in [9.17, 15) is 14.7 Å². The highest BCUT2D eigenvalue weighted by Crippen LogP contribution is 2.40. The number of carbonyl (C=O) groups is 2. The number of likely N-dealkylation sites (tertiary alicyclic amines) is 1. The Labute approximate surface area is 182 Å². The maximum atomic E-state index is 13.0. The van der Waals surface area contributed by atoms with Crippen molar-refractivity contribution in [1.82, 2.24) is 4.90 Å². The molecule has 3 aromatic rings. The Balaban J connectivity index is 1.85. The Morgan fingerprint density at radius 2 is 1.77 bits per heavy atom. The Morgan fingerprint density at radius 1 is 1.07 bits per heavy atom. The lowest BCUT2D eigenvalue weighted by molar-refractivity contribution is -0.140. The van der Waals surface area contributed by atoms with E-state index in [0.29, 0.717) is 11.3 Å². The predicted molar refractivity (Wildman–Crippen MR) is 117 cm³/mol. The van der Waals surface area contributed by atoms with Crippen molar-refractivity contribution in [1.29, 1.82) is 0 Å². The number of aliphatic hydroxyl groups is 1. The second-order valence-electron chi connectivity index (χ2n) is 7.11. The summed E-state index contributed by atoms with van der Waals surface area (Å²) in [6, 6.07) is 17.5. The number of halogens is 1. The van der Waals surface area contributed by atoms with Gasteiger partial charge in [-0.05, 0) is 41.8 Å². The summed E-state index contributed by atoms with van der Waals surface area (Å²) in [6.07, 6.45) is 2.41. The minimum atomic E-state index is -0.704. The summed E-state index contributed by atoms with van der Waals surface area (Å²) in [6.45, 7) is 2.19. The van der Waals surface area contributed by atoms with Gasteiger partial charge in [-0.1, -0.05) is 59.3 Å². The second kappa shape index (κ2) is 8.32. The Hall–Kier alpha value is -3.12. The number of aryl methyl sites for hydroxylation is 1. The molecule has 0 aliphatic carbocycles. The zero-order chi connectivity index (χ0) is 21.3. The number of rotatable bonds is 5. The molecule has 1 aliphatic heterocycles. The molecule has 1 aliphatic rings. The first-order chi connectivity index (χ1) is 14.5. The van der Waals surface area contributed by atoms with E-state index in [-0.39, 0.29) is 17.9 Å². The number of hydrogen-bond acceptors (Lipinski definition) is 4. The number of aliphatic hydroxyl groups excluding tert-OH is 1. The highest BCUT2D eigenvalue weighted by Gasteiger charge is 2.46. The number of Topliss-reactive ketones (excluding diaryl/α,β-unsaturated/α-hetero) is 1. The van der Waals surface area contributed by atoms with Gasteiger partial charge in [0.2, 0.25) is 0 Å². The zero-order valence-corrected chi connectivity index (χ0v) is 17.9. The maximum Gasteiger partial charge on any atom is 0.296 e. The summed E-state index contributed by atoms with van der Waals surface area (Å²) < 4.78 is 6.26.